The number of hydrogen-bond acceptors (Lipinski definition) is 4. The molecule has 13 rings (SSSR count). The molecule has 0 saturated carbocycles. The highest BCUT2D eigenvalue weighted by molar-refractivity contribution is 6.47. The van der Waals surface area contributed by atoms with Gasteiger partial charge in [0, 0.05) is 32.7 Å². The van der Waals surface area contributed by atoms with Crippen molar-refractivity contribution < 1.29 is 9.59 Å². The van der Waals surface area contributed by atoms with Crippen LogP contribution in [0.1, 0.15) is 93.6 Å². The summed E-state index contributed by atoms with van der Waals surface area (Å²) in [6, 6.07) is 31.5. The molecule has 10 aromatic carbocycles. The molecule has 0 N–H and O–H groups in total. The molecule has 0 radical (unpaired) electrons. The number of imide groups is 1. The molecular weight excluding hydrogens is 763 g/mol. The Balaban J connectivity index is 1.16. The van der Waals surface area contributed by atoms with Crippen molar-refractivity contribution >= 4 is 120 Å². The van der Waals surface area contributed by atoms with Gasteiger partial charge in [-0.25, -0.2) is 9.88 Å². The number of imidazole rings is 1. The lowest BCUT2D eigenvalue weighted by Gasteiger charge is -2.33. The van der Waals surface area contributed by atoms with E-state index in [2.05, 4.69) is 104 Å². The van der Waals surface area contributed by atoms with Crippen LogP contribution in [-0.4, -0.2) is 21.2 Å². The summed E-state index contributed by atoms with van der Waals surface area (Å²) in [5.41, 5.74) is 10.3. The second-order valence-corrected chi connectivity index (χ2v) is 18.6. The molecule has 0 atom stereocenters. The maximum atomic E-state index is 15.1. The van der Waals surface area contributed by atoms with E-state index < -0.39 is 0 Å². The molecule has 0 spiro atoms. The summed E-state index contributed by atoms with van der Waals surface area (Å²) in [6.07, 6.45) is 0. The fourth-order valence-electron chi connectivity index (χ4n) is 12.0. The molecule has 298 valence electrons. The van der Waals surface area contributed by atoms with Crippen LogP contribution in [0.4, 0.5) is 5.69 Å². The van der Waals surface area contributed by atoms with E-state index in [1.54, 1.807) is 4.40 Å². The molecule has 0 fully saturated rings. The van der Waals surface area contributed by atoms with Crippen LogP contribution in [0.15, 0.2) is 95.8 Å². The Hall–Kier alpha value is -7.18. The van der Waals surface area contributed by atoms with Crippen LogP contribution in [0.3, 0.4) is 0 Å². The van der Waals surface area contributed by atoms with Gasteiger partial charge in [0.05, 0.1) is 16.7 Å². The number of fused-ring (bicyclic) bond motifs is 8. The van der Waals surface area contributed by atoms with Crippen molar-refractivity contribution in [3.05, 3.63) is 146 Å². The maximum Gasteiger partial charge on any atom is 0.266 e. The minimum atomic E-state index is -0.269. The van der Waals surface area contributed by atoms with Gasteiger partial charge >= 0.3 is 0 Å². The number of anilines is 1. The molecule has 6 nitrogen and oxygen atoms in total. The van der Waals surface area contributed by atoms with Gasteiger partial charge in [-0.05, 0) is 174 Å². The number of benzene rings is 10. The first kappa shape index (κ1) is 35.6. The van der Waals surface area contributed by atoms with Crippen LogP contribution >= 0.6 is 0 Å². The molecule has 1 aliphatic heterocycles. The predicted molar refractivity (Wildman–Crippen MR) is 257 cm³/mol. The number of carbonyl (C=O) groups is 2. The summed E-state index contributed by atoms with van der Waals surface area (Å²) in [7, 11) is 0. The topological polar surface area (TPSA) is 71.8 Å². The van der Waals surface area contributed by atoms with Gasteiger partial charge in [0.1, 0.15) is 5.65 Å². The maximum absolute atomic E-state index is 15.1. The van der Waals surface area contributed by atoms with E-state index >= 15 is 9.59 Å². The SMILES string of the molecule is Cc1cc2c3c(cc(C)c4c5ccc6c7c(C)cc8c9c(cc(C)c(c%10ccc(c1c34)c5c%106)c79)c(=O)n1c3ccccc3nc81)C(=O)N(c1c(C(C)C)cccc1C(C)C)C2=O. The zero-order valence-electron chi connectivity index (χ0n) is 35.9. The standard InChI is InChI=1S/C56H41N3O3/c1-24(2)30-12-11-13-31(25(3)4)52(30)59-55(61)38-22-28(7)44-34-18-16-32-42-26(5)20-36-48-37(54(60)58-41-15-10-9-14-40(41)57-53(36)58)21-27(6)43(50(42)48)33-17-19-35(47(34)46(32)33)45-29(8)23-39(56(59)62)49(38)51(44)45/h9-25H,1-8H3. The van der Waals surface area contributed by atoms with Crippen molar-refractivity contribution in [2.75, 3.05) is 4.90 Å². The summed E-state index contributed by atoms with van der Waals surface area (Å²) in [4.78, 5) is 51.2. The summed E-state index contributed by atoms with van der Waals surface area (Å²) in [5.74, 6) is -0.310. The lowest BCUT2D eigenvalue weighted by atomic mass is 9.78. The fraction of sp³-hybridized carbons (Fsp3) is 0.179. The molecule has 0 unspecified atom stereocenters. The van der Waals surface area contributed by atoms with Gasteiger partial charge < -0.3 is 0 Å². The lowest BCUT2D eigenvalue weighted by Crippen LogP contribution is -2.42. The summed E-state index contributed by atoms with van der Waals surface area (Å²) >= 11 is 0. The van der Waals surface area contributed by atoms with E-state index in [4.69, 9.17) is 4.98 Å². The molecular formula is C56H41N3O3. The van der Waals surface area contributed by atoms with Crippen molar-refractivity contribution in [3.8, 4) is 0 Å². The van der Waals surface area contributed by atoms with Gasteiger partial charge in [-0.2, -0.15) is 0 Å². The molecule has 1 aliphatic rings. The highest BCUT2D eigenvalue weighted by Crippen LogP contribution is 2.53. The Labute approximate surface area is 356 Å². The summed E-state index contributed by atoms with van der Waals surface area (Å²) < 4.78 is 1.79. The van der Waals surface area contributed by atoms with Gasteiger partial charge in [0.15, 0.2) is 0 Å². The largest absolute Gasteiger partial charge is 0.268 e. The highest BCUT2D eigenvalue weighted by Gasteiger charge is 2.39. The smallest absolute Gasteiger partial charge is 0.266 e. The molecule has 0 aliphatic carbocycles. The third kappa shape index (κ3) is 4.02. The molecule has 0 saturated heterocycles. The number of amides is 2. The van der Waals surface area contributed by atoms with Crippen LogP contribution in [0.25, 0.3) is 103 Å². The Morgan fingerprint density at radius 2 is 0.903 bits per heavy atom. The number of aromatic nitrogens is 2. The number of hydrogen-bond donors (Lipinski definition) is 0. The van der Waals surface area contributed by atoms with E-state index in [1.807, 2.05) is 42.5 Å². The van der Waals surface area contributed by atoms with Gasteiger partial charge in [-0.3, -0.25) is 18.8 Å². The van der Waals surface area contributed by atoms with Crippen LogP contribution in [0, 0.1) is 27.7 Å². The first-order valence-electron chi connectivity index (χ1n) is 21.7. The van der Waals surface area contributed by atoms with Crippen LogP contribution in [0.5, 0.6) is 0 Å². The quantitative estimate of drug-likeness (QED) is 0.101. The summed E-state index contributed by atoms with van der Waals surface area (Å²) in [5, 5.41) is 16.8. The van der Waals surface area contributed by atoms with Gasteiger partial charge in [0.2, 0.25) is 0 Å². The van der Waals surface area contributed by atoms with Crippen molar-refractivity contribution in [1.29, 1.82) is 0 Å². The Kier molecular flexibility index (Phi) is 6.65. The molecule has 12 aromatic rings. The zero-order valence-corrected chi connectivity index (χ0v) is 35.9. The van der Waals surface area contributed by atoms with Crippen molar-refractivity contribution in [3.63, 3.8) is 0 Å². The van der Waals surface area contributed by atoms with E-state index in [0.717, 1.165) is 120 Å². The molecule has 62 heavy (non-hydrogen) atoms. The second-order valence-electron chi connectivity index (χ2n) is 18.6. The number of pyridine rings is 1. The van der Waals surface area contributed by atoms with Crippen LogP contribution < -0.4 is 10.5 Å². The number of para-hydroxylation sites is 3. The molecule has 2 amide bonds. The lowest BCUT2D eigenvalue weighted by molar-refractivity contribution is 0.0892. The number of carbonyl (C=O) groups excluding carboxylic acids is 2. The average Bonchev–Trinajstić information content (AvgIpc) is 3.65. The van der Waals surface area contributed by atoms with E-state index in [-0.39, 0.29) is 29.2 Å². The normalized spacial score (nSPS) is 13.9. The Morgan fingerprint density at radius 1 is 0.452 bits per heavy atom. The van der Waals surface area contributed by atoms with E-state index in [0.29, 0.717) is 22.2 Å². The molecule has 6 heteroatoms. The molecule has 3 heterocycles. The minimum Gasteiger partial charge on any atom is -0.268 e. The van der Waals surface area contributed by atoms with Crippen molar-refractivity contribution in [2.24, 2.45) is 0 Å². The first-order valence-corrected chi connectivity index (χ1v) is 21.7. The molecule has 0 bridgehead atoms. The predicted octanol–water partition coefficient (Wildman–Crippen LogP) is 13.7. The fourth-order valence-corrected chi connectivity index (χ4v) is 12.0. The average molecular weight is 804 g/mol. The Bertz CT molecular complexity index is 4000. The Morgan fingerprint density at radius 3 is 1.42 bits per heavy atom. The van der Waals surface area contributed by atoms with Crippen LogP contribution in [-0.2, 0) is 0 Å². The third-order valence-electron chi connectivity index (χ3n) is 14.5. The monoisotopic (exact) mass is 803 g/mol. The van der Waals surface area contributed by atoms with Gasteiger partial charge in [0.25, 0.3) is 17.4 Å². The number of aryl methyl sites for hydroxylation is 4. The third-order valence-corrected chi connectivity index (χ3v) is 14.5. The molecule has 2 aromatic heterocycles. The second kappa shape index (κ2) is 11.6. The van der Waals surface area contributed by atoms with E-state index in [1.165, 1.54) is 15.7 Å². The van der Waals surface area contributed by atoms with Crippen LogP contribution in [0.2, 0.25) is 0 Å². The minimum absolute atomic E-state index is 0.0474. The number of nitrogens with zero attached hydrogens (tertiary/aromatic N) is 3. The summed E-state index contributed by atoms with van der Waals surface area (Å²) in [6.45, 7) is 17.0. The zero-order chi connectivity index (χ0) is 42.5. The first-order chi connectivity index (χ1) is 29.9. The van der Waals surface area contributed by atoms with E-state index in [9.17, 15) is 4.79 Å². The highest BCUT2D eigenvalue weighted by atomic mass is 16.2. The van der Waals surface area contributed by atoms with Crippen molar-refractivity contribution in [2.45, 2.75) is 67.2 Å². The van der Waals surface area contributed by atoms with Gasteiger partial charge in [-0.1, -0.05) is 82.3 Å². The van der Waals surface area contributed by atoms with Crippen molar-refractivity contribution in [1.82, 2.24) is 9.38 Å². The van der Waals surface area contributed by atoms with Gasteiger partial charge in [-0.15, -0.1) is 0 Å². The number of rotatable bonds is 3.